The van der Waals surface area contributed by atoms with Crippen LogP contribution in [-0.2, 0) is 20.1 Å². The number of sulfonamides is 1. The summed E-state index contributed by atoms with van der Waals surface area (Å²) in [7, 11) is -3.51. The molecule has 0 aromatic heterocycles. The van der Waals surface area contributed by atoms with Gasteiger partial charge in [-0.2, -0.15) is 4.31 Å². The molecule has 6 nitrogen and oxygen atoms in total. The van der Waals surface area contributed by atoms with Gasteiger partial charge in [-0.25, -0.2) is 13.2 Å². The topological polar surface area (TPSA) is 75.7 Å². The van der Waals surface area contributed by atoms with Crippen molar-refractivity contribution in [1.29, 1.82) is 0 Å². The highest BCUT2D eigenvalue weighted by molar-refractivity contribution is 9.08. The number of hydrogen-bond donors (Lipinski definition) is 1. The number of alkyl halides is 1. The van der Waals surface area contributed by atoms with Gasteiger partial charge in [0.15, 0.2) is 0 Å². The molecule has 1 aliphatic rings. The number of ether oxygens (including phenoxy) is 1. The highest BCUT2D eigenvalue weighted by Gasteiger charge is 2.30. The molecule has 0 unspecified atom stereocenters. The number of nitrogens with one attached hydrogen (secondary N) is 1. The van der Waals surface area contributed by atoms with Crippen molar-refractivity contribution in [2.75, 3.05) is 19.6 Å². The van der Waals surface area contributed by atoms with Crippen molar-refractivity contribution in [1.82, 2.24) is 9.62 Å². The van der Waals surface area contributed by atoms with Gasteiger partial charge < -0.3 is 10.1 Å². The summed E-state index contributed by atoms with van der Waals surface area (Å²) in [6.45, 7) is 6.74. The molecule has 1 N–H and O–H groups in total. The Kier molecular flexibility index (Phi) is 7.10. The van der Waals surface area contributed by atoms with Crippen LogP contribution in [0.4, 0.5) is 4.79 Å². The Bertz CT molecular complexity index is 714. The molecule has 8 heteroatoms. The molecule has 1 aromatic carbocycles. The molecule has 146 valence electrons. The Morgan fingerprint density at radius 1 is 1.31 bits per heavy atom. The second-order valence-corrected chi connectivity index (χ2v) is 10.0. The molecule has 1 atom stereocenters. The maximum atomic E-state index is 12.9. The van der Waals surface area contributed by atoms with Gasteiger partial charge in [0.1, 0.15) is 5.60 Å². The van der Waals surface area contributed by atoms with Gasteiger partial charge in [0.2, 0.25) is 10.0 Å². The van der Waals surface area contributed by atoms with Gasteiger partial charge in [-0.05, 0) is 57.2 Å². The van der Waals surface area contributed by atoms with E-state index in [9.17, 15) is 13.2 Å². The zero-order valence-corrected chi connectivity index (χ0v) is 17.9. The Morgan fingerprint density at radius 3 is 2.54 bits per heavy atom. The maximum absolute atomic E-state index is 12.9. The van der Waals surface area contributed by atoms with Crippen LogP contribution in [0.2, 0.25) is 0 Å². The van der Waals surface area contributed by atoms with E-state index in [1.54, 1.807) is 12.1 Å². The molecule has 0 saturated carbocycles. The fraction of sp³-hybridized carbons (Fsp3) is 0.611. The van der Waals surface area contributed by atoms with E-state index in [0.29, 0.717) is 29.9 Å². The summed E-state index contributed by atoms with van der Waals surface area (Å²) < 4.78 is 32.5. The van der Waals surface area contributed by atoms with Crippen LogP contribution in [0.25, 0.3) is 0 Å². The molecule has 0 aliphatic carbocycles. The summed E-state index contributed by atoms with van der Waals surface area (Å²) in [4.78, 5) is 12.1. The van der Waals surface area contributed by atoms with Gasteiger partial charge in [-0.15, -0.1) is 0 Å². The maximum Gasteiger partial charge on any atom is 0.407 e. The lowest BCUT2D eigenvalue weighted by Crippen LogP contribution is -2.44. The Morgan fingerprint density at radius 2 is 1.96 bits per heavy atom. The van der Waals surface area contributed by atoms with Gasteiger partial charge in [-0.3, -0.25) is 0 Å². The number of halogens is 1. The number of carbonyl (C=O) groups excluding carboxylic acids is 1. The highest BCUT2D eigenvalue weighted by atomic mass is 79.9. The van der Waals surface area contributed by atoms with Crippen molar-refractivity contribution < 1.29 is 17.9 Å². The van der Waals surface area contributed by atoms with Crippen molar-refractivity contribution in [2.45, 2.75) is 49.4 Å². The molecular formula is C18H27BrN2O4S. The van der Waals surface area contributed by atoms with E-state index in [1.807, 2.05) is 32.9 Å². The summed E-state index contributed by atoms with van der Waals surface area (Å²) in [5.74, 6) is 0.0767. The summed E-state index contributed by atoms with van der Waals surface area (Å²) >= 11 is 3.36. The Labute approximate surface area is 164 Å². The third kappa shape index (κ3) is 5.96. The van der Waals surface area contributed by atoms with E-state index in [4.69, 9.17) is 4.74 Å². The highest BCUT2D eigenvalue weighted by Crippen LogP contribution is 2.24. The van der Waals surface area contributed by atoms with Gasteiger partial charge in [-0.1, -0.05) is 28.1 Å². The zero-order valence-electron chi connectivity index (χ0n) is 15.5. The third-order valence-corrected chi connectivity index (χ3v) is 6.66. The van der Waals surface area contributed by atoms with E-state index in [1.165, 1.54) is 4.31 Å². The number of benzene rings is 1. The minimum absolute atomic E-state index is 0.0767. The number of piperidine rings is 1. The Hall–Kier alpha value is -1.12. The first-order valence-electron chi connectivity index (χ1n) is 8.74. The van der Waals surface area contributed by atoms with Gasteiger partial charge in [0, 0.05) is 25.0 Å². The number of amides is 1. The molecule has 1 heterocycles. The van der Waals surface area contributed by atoms with Gasteiger partial charge in [0.25, 0.3) is 0 Å². The van der Waals surface area contributed by atoms with Crippen molar-refractivity contribution in [3.05, 3.63) is 29.8 Å². The predicted molar refractivity (Wildman–Crippen MR) is 105 cm³/mol. The number of nitrogens with zero attached hydrogens (tertiary/aromatic N) is 1. The monoisotopic (exact) mass is 446 g/mol. The minimum Gasteiger partial charge on any atom is -0.444 e. The lowest BCUT2D eigenvalue weighted by atomic mass is 10.00. The molecule has 1 aromatic rings. The number of hydrogen-bond acceptors (Lipinski definition) is 4. The first-order valence-corrected chi connectivity index (χ1v) is 11.3. The first-order chi connectivity index (χ1) is 12.1. The SMILES string of the molecule is CC(C)(C)OC(=O)NC[C@@H]1CCCN(S(=O)(=O)c2ccc(CBr)cc2)C1. The zero-order chi connectivity index (χ0) is 19.4. The molecule has 1 saturated heterocycles. The van der Waals surface area contributed by atoms with Crippen LogP contribution in [0.3, 0.4) is 0 Å². The normalized spacial score (nSPS) is 19.2. The lowest BCUT2D eigenvalue weighted by Gasteiger charge is -2.32. The summed E-state index contributed by atoms with van der Waals surface area (Å²) in [5.41, 5.74) is 0.481. The second-order valence-electron chi connectivity index (χ2n) is 7.53. The number of carbonyl (C=O) groups is 1. The average Bonchev–Trinajstić information content (AvgIpc) is 2.59. The fourth-order valence-electron chi connectivity index (χ4n) is 2.85. The van der Waals surface area contributed by atoms with Gasteiger partial charge in [0.05, 0.1) is 4.90 Å². The quantitative estimate of drug-likeness (QED) is 0.701. The smallest absolute Gasteiger partial charge is 0.407 e. The van der Waals surface area contributed by atoms with Crippen molar-refractivity contribution in [3.63, 3.8) is 0 Å². The van der Waals surface area contributed by atoms with Crippen LogP contribution in [0.1, 0.15) is 39.2 Å². The second kappa shape index (κ2) is 8.71. The van der Waals surface area contributed by atoms with Crippen molar-refractivity contribution >= 4 is 32.0 Å². The molecule has 2 rings (SSSR count). The molecule has 0 bridgehead atoms. The third-order valence-electron chi connectivity index (χ3n) is 4.13. The molecule has 1 aliphatic heterocycles. The van der Waals surface area contributed by atoms with Crippen LogP contribution >= 0.6 is 15.9 Å². The van der Waals surface area contributed by atoms with E-state index in [-0.39, 0.29) is 5.92 Å². The summed E-state index contributed by atoms with van der Waals surface area (Å²) in [6.07, 6.45) is 1.19. The van der Waals surface area contributed by atoms with E-state index < -0.39 is 21.7 Å². The summed E-state index contributed by atoms with van der Waals surface area (Å²) in [5, 5.41) is 3.44. The minimum atomic E-state index is -3.51. The fourth-order valence-corrected chi connectivity index (χ4v) is 4.78. The van der Waals surface area contributed by atoms with Crippen molar-refractivity contribution in [2.24, 2.45) is 5.92 Å². The molecule has 1 amide bonds. The summed E-state index contributed by atoms with van der Waals surface area (Å²) in [6, 6.07) is 6.92. The van der Waals surface area contributed by atoms with Gasteiger partial charge >= 0.3 is 6.09 Å². The molecule has 26 heavy (non-hydrogen) atoms. The lowest BCUT2D eigenvalue weighted by molar-refractivity contribution is 0.0513. The average molecular weight is 447 g/mol. The van der Waals surface area contributed by atoms with Crippen LogP contribution in [0, 0.1) is 5.92 Å². The van der Waals surface area contributed by atoms with E-state index in [2.05, 4.69) is 21.2 Å². The van der Waals surface area contributed by atoms with Crippen molar-refractivity contribution in [3.8, 4) is 0 Å². The van der Waals surface area contributed by atoms with E-state index in [0.717, 1.165) is 18.4 Å². The molecule has 1 fully saturated rings. The van der Waals surface area contributed by atoms with E-state index >= 15 is 0 Å². The van der Waals surface area contributed by atoms with Crippen LogP contribution in [-0.4, -0.2) is 44.1 Å². The van der Waals surface area contributed by atoms with Crippen LogP contribution in [0.15, 0.2) is 29.2 Å². The molecule has 0 spiro atoms. The molecule has 0 radical (unpaired) electrons. The number of rotatable bonds is 5. The molecular weight excluding hydrogens is 420 g/mol. The largest absolute Gasteiger partial charge is 0.444 e. The van der Waals surface area contributed by atoms with Crippen LogP contribution < -0.4 is 5.32 Å². The predicted octanol–water partition coefficient (Wildman–Crippen LogP) is 3.51. The Balaban J connectivity index is 1.97. The number of alkyl carbamates (subject to hydrolysis) is 1. The first kappa shape index (κ1) is 21.2. The standard InChI is InChI=1S/C18H27BrN2O4S/c1-18(2,3)25-17(22)20-12-15-5-4-10-21(13-15)26(23,24)16-8-6-14(11-19)7-9-16/h6-9,15H,4-5,10-13H2,1-3H3,(H,20,22)/t15-/m0/s1. The van der Waals surface area contributed by atoms with Crippen LogP contribution in [0.5, 0.6) is 0 Å².